The van der Waals surface area contributed by atoms with Crippen molar-refractivity contribution in [2.45, 2.75) is 6.04 Å². The lowest BCUT2D eigenvalue weighted by Gasteiger charge is -2.20. The molecule has 0 saturated carbocycles. The lowest BCUT2D eigenvalue weighted by Crippen LogP contribution is -2.37. The van der Waals surface area contributed by atoms with E-state index in [0.29, 0.717) is 13.2 Å². The van der Waals surface area contributed by atoms with E-state index in [0.717, 1.165) is 11.1 Å². The Morgan fingerprint density at radius 2 is 1.82 bits per heavy atom. The molecule has 2 N–H and O–H groups in total. The Balaban J connectivity index is 2.04. The maximum absolute atomic E-state index is 12.1. The smallest absolute Gasteiger partial charge is 0.234 e. The van der Waals surface area contributed by atoms with E-state index in [9.17, 15) is 4.79 Å². The monoisotopic (exact) mass is 299 g/mol. The van der Waals surface area contributed by atoms with Crippen LogP contribution < -0.4 is 10.6 Å². The molecule has 2 rings (SSSR count). The molecule has 5 heteroatoms. The number of aromatic nitrogens is 1. The third kappa shape index (κ3) is 4.95. The lowest BCUT2D eigenvalue weighted by atomic mass is 10.00. The number of amides is 1. The van der Waals surface area contributed by atoms with Crippen LogP contribution in [0, 0.1) is 0 Å². The van der Waals surface area contributed by atoms with Gasteiger partial charge in [0.1, 0.15) is 0 Å². The summed E-state index contributed by atoms with van der Waals surface area (Å²) in [5.41, 5.74) is 2.05. The van der Waals surface area contributed by atoms with Crippen molar-refractivity contribution in [2.24, 2.45) is 0 Å². The zero-order valence-corrected chi connectivity index (χ0v) is 12.7. The number of nitrogens with zero attached hydrogens (tertiary/aromatic N) is 1. The molecule has 0 aliphatic carbocycles. The Labute approximate surface area is 130 Å². The van der Waals surface area contributed by atoms with E-state index in [2.05, 4.69) is 15.6 Å². The maximum atomic E-state index is 12.1. The third-order valence-corrected chi connectivity index (χ3v) is 3.25. The van der Waals surface area contributed by atoms with Crippen molar-refractivity contribution in [1.82, 2.24) is 15.6 Å². The molecule has 1 amide bonds. The fourth-order valence-electron chi connectivity index (χ4n) is 2.15. The van der Waals surface area contributed by atoms with Crippen LogP contribution in [0.4, 0.5) is 0 Å². The van der Waals surface area contributed by atoms with Gasteiger partial charge in [-0.05, 0) is 23.3 Å². The van der Waals surface area contributed by atoms with Crippen molar-refractivity contribution in [3.8, 4) is 0 Å². The minimum atomic E-state index is -0.180. The number of methoxy groups -OCH3 is 1. The highest BCUT2D eigenvalue weighted by Crippen LogP contribution is 2.20. The minimum absolute atomic E-state index is 0.0539. The number of carbonyl (C=O) groups is 1. The summed E-state index contributed by atoms with van der Waals surface area (Å²) in [6, 6.07) is 13.5. The average Bonchev–Trinajstić information content (AvgIpc) is 2.58. The zero-order valence-electron chi connectivity index (χ0n) is 12.7. The van der Waals surface area contributed by atoms with Gasteiger partial charge in [0.2, 0.25) is 5.91 Å². The van der Waals surface area contributed by atoms with Gasteiger partial charge >= 0.3 is 0 Å². The summed E-state index contributed by atoms with van der Waals surface area (Å²) in [7, 11) is 1.64. The molecule has 0 bridgehead atoms. The summed E-state index contributed by atoms with van der Waals surface area (Å²) in [6.45, 7) is 1.49. The van der Waals surface area contributed by atoms with Gasteiger partial charge in [-0.25, -0.2) is 0 Å². The van der Waals surface area contributed by atoms with Crippen molar-refractivity contribution in [1.29, 1.82) is 0 Å². The Bertz CT molecular complexity index is 521. The number of hydrogen-bond donors (Lipinski definition) is 2. The number of nitrogens with one attached hydrogen (secondary N) is 2. The fourth-order valence-corrected chi connectivity index (χ4v) is 2.15. The summed E-state index contributed by atoms with van der Waals surface area (Å²) >= 11 is 0. The number of rotatable bonds is 8. The van der Waals surface area contributed by atoms with E-state index in [-0.39, 0.29) is 18.5 Å². The summed E-state index contributed by atoms with van der Waals surface area (Å²) in [6.07, 6.45) is 3.46. The first-order chi connectivity index (χ1) is 10.8. The van der Waals surface area contributed by atoms with Crippen LogP contribution in [0.2, 0.25) is 0 Å². The Morgan fingerprint density at radius 3 is 2.50 bits per heavy atom. The summed E-state index contributed by atoms with van der Waals surface area (Å²) < 4.78 is 4.94. The number of pyridine rings is 1. The van der Waals surface area contributed by atoms with Crippen molar-refractivity contribution in [2.75, 3.05) is 26.8 Å². The van der Waals surface area contributed by atoms with Crippen LogP contribution in [0.15, 0.2) is 54.9 Å². The second-order valence-corrected chi connectivity index (χ2v) is 4.86. The normalized spacial score (nSPS) is 11.9. The first kappa shape index (κ1) is 16.1. The Hall–Kier alpha value is -2.24. The number of hydrogen-bond acceptors (Lipinski definition) is 4. The van der Waals surface area contributed by atoms with Crippen molar-refractivity contribution in [3.63, 3.8) is 0 Å². The predicted molar refractivity (Wildman–Crippen MR) is 85.4 cm³/mol. The van der Waals surface area contributed by atoms with Gasteiger partial charge in [-0.15, -0.1) is 0 Å². The minimum Gasteiger partial charge on any atom is -0.383 e. The summed E-state index contributed by atoms with van der Waals surface area (Å²) in [4.78, 5) is 16.2. The largest absolute Gasteiger partial charge is 0.383 e. The van der Waals surface area contributed by atoms with Crippen LogP contribution in [-0.2, 0) is 9.53 Å². The van der Waals surface area contributed by atoms with Gasteiger partial charge in [0.05, 0.1) is 19.2 Å². The van der Waals surface area contributed by atoms with Crippen LogP contribution in [0.1, 0.15) is 17.2 Å². The molecule has 22 heavy (non-hydrogen) atoms. The van der Waals surface area contributed by atoms with Crippen molar-refractivity contribution >= 4 is 5.91 Å². The van der Waals surface area contributed by atoms with Gasteiger partial charge in [0.25, 0.3) is 0 Å². The van der Waals surface area contributed by atoms with Crippen LogP contribution in [0.5, 0.6) is 0 Å². The van der Waals surface area contributed by atoms with Crippen molar-refractivity contribution in [3.05, 3.63) is 66.0 Å². The fraction of sp³-hybridized carbons (Fsp3) is 0.294. The molecule has 1 heterocycles. The molecule has 5 nitrogen and oxygen atoms in total. The predicted octanol–water partition coefficient (Wildman–Crippen LogP) is 1.52. The van der Waals surface area contributed by atoms with Gasteiger partial charge < -0.3 is 15.4 Å². The first-order valence-electron chi connectivity index (χ1n) is 7.25. The van der Waals surface area contributed by atoms with E-state index in [1.54, 1.807) is 19.5 Å². The molecule has 1 aromatic heterocycles. The summed E-state index contributed by atoms with van der Waals surface area (Å²) in [5.74, 6) is -0.0539. The van der Waals surface area contributed by atoms with Gasteiger partial charge in [-0.2, -0.15) is 0 Å². The molecule has 0 radical (unpaired) electrons. The van der Waals surface area contributed by atoms with E-state index in [1.165, 1.54) is 0 Å². The lowest BCUT2D eigenvalue weighted by molar-refractivity contribution is -0.120. The van der Waals surface area contributed by atoms with Gasteiger partial charge in [-0.3, -0.25) is 9.78 Å². The molecule has 1 unspecified atom stereocenters. The molecule has 116 valence electrons. The molecular weight excluding hydrogens is 278 g/mol. The highest BCUT2D eigenvalue weighted by molar-refractivity contribution is 5.79. The van der Waals surface area contributed by atoms with Crippen LogP contribution in [-0.4, -0.2) is 37.7 Å². The van der Waals surface area contributed by atoms with Crippen LogP contribution >= 0.6 is 0 Å². The van der Waals surface area contributed by atoms with Gasteiger partial charge in [0, 0.05) is 26.0 Å². The van der Waals surface area contributed by atoms with Crippen LogP contribution in [0.25, 0.3) is 0 Å². The molecule has 0 spiro atoms. The quantitative estimate of drug-likeness (QED) is 0.726. The van der Waals surface area contributed by atoms with Crippen molar-refractivity contribution < 1.29 is 9.53 Å². The maximum Gasteiger partial charge on any atom is 0.234 e. The molecule has 1 aromatic carbocycles. The molecular formula is C17H21N3O2. The Kier molecular flexibility index (Phi) is 6.54. The first-order valence-corrected chi connectivity index (χ1v) is 7.25. The number of ether oxygens (including phenoxy) is 1. The molecule has 2 aromatic rings. The van der Waals surface area contributed by atoms with Crippen LogP contribution in [0.3, 0.4) is 0 Å². The third-order valence-electron chi connectivity index (χ3n) is 3.25. The second-order valence-electron chi connectivity index (χ2n) is 4.86. The molecule has 0 aliphatic rings. The highest BCUT2D eigenvalue weighted by atomic mass is 16.5. The van der Waals surface area contributed by atoms with E-state index in [1.807, 2.05) is 42.5 Å². The second kappa shape index (κ2) is 8.92. The molecule has 1 atom stereocenters. The van der Waals surface area contributed by atoms with E-state index < -0.39 is 0 Å². The number of carbonyl (C=O) groups excluding carboxylic acids is 1. The SMILES string of the molecule is COCCNCC(=O)NC(c1ccccc1)c1ccncc1. The highest BCUT2D eigenvalue weighted by Gasteiger charge is 2.16. The molecule has 0 saturated heterocycles. The molecule has 0 aliphatic heterocycles. The van der Waals surface area contributed by atoms with Gasteiger partial charge in [-0.1, -0.05) is 30.3 Å². The molecule has 0 fully saturated rings. The number of benzene rings is 1. The topological polar surface area (TPSA) is 63.2 Å². The zero-order chi connectivity index (χ0) is 15.6. The Morgan fingerprint density at radius 1 is 1.14 bits per heavy atom. The van der Waals surface area contributed by atoms with Gasteiger partial charge in [0.15, 0.2) is 0 Å². The summed E-state index contributed by atoms with van der Waals surface area (Å²) in [5, 5.41) is 6.10. The van der Waals surface area contributed by atoms with E-state index >= 15 is 0 Å². The standard InChI is InChI=1S/C17H21N3O2/c1-22-12-11-19-13-16(21)20-17(14-5-3-2-4-6-14)15-7-9-18-10-8-15/h2-10,17,19H,11-13H2,1H3,(H,20,21). The van der Waals surface area contributed by atoms with E-state index in [4.69, 9.17) is 4.74 Å². The average molecular weight is 299 g/mol.